The Balaban J connectivity index is 2.75. The minimum atomic E-state index is -1.12. The second-order valence-electron chi connectivity index (χ2n) is 4.80. The molecule has 0 bridgehead atoms. The van der Waals surface area contributed by atoms with Crippen LogP contribution in [0.25, 0.3) is 11.3 Å². The van der Waals surface area contributed by atoms with Gasteiger partial charge in [0.05, 0.1) is 5.69 Å². The number of benzene rings is 1. The average molecular weight is 282 g/mol. The molecule has 0 saturated heterocycles. The van der Waals surface area contributed by atoms with Gasteiger partial charge in [-0.15, -0.1) is 0 Å². The van der Waals surface area contributed by atoms with Crippen molar-refractivity contribution >= 4 is 5.97 Å². The summed E-state index contributed by atoms with van der Waals surface area (Å²) in [5, 5.41) is 18.1. The van der Waals surface area contributed by atoms with Gasteiger partial charge in [-0.1, -0.05) is 29.8 Å². The van der Waals surface area contributed by atoms with Gasteiger partial charge in [0.1, 0.15) is 17.7 Å². The molecule has 2 rings (SSSR count). The van der Waals surface area contributed by atoms with Gasteiger partial charge in [0.25, 0.3) is 5.56 Å². The van der Waals surface area contributed by atoms with E-state index >= 15 is 0 Å². The Labute approximate surface area is 121 Å². The standard InChI is InChI=1S/C16H14N2O3/c1-10-3-5-12(6-4-10)14-8-7-13(9-17)15(19)18(14)11(2)16(20)21/h3-8,11H,1-2H3,(H,20,21). The highest BCUT2D eigenvalue weighted by Crippen LogP contribution is 2.22. The Morgan fingerprint density at radius 2 is 1.86 bits per heavy atom. The third-order valence-electron chi connectivity index (χ3n) is 3.33. The minimum absolute atomic E-state index is 0.0704. The Morgan fingerprint density at radius 3 is 2.38 bits per heavy atom. The zero-order valence-corrected chi connectivity index (χ0v) is 11.7. The van der Waals surface area contributed by atoms with E-state index < -0.39 is 17.6 Å². The predicted octanol–water partition coefficient (Wildman–Crippen LogP) is 2.34. The monoisotopic (exact) mass is 282 g/mol. The molecule has 106 valence electrons. The number of aryl methyl sites for hydroxylation is 1. The number of nitriles is 1. The number of pyridine rings is 1. The second-order valence-corrected chi connectivity index (χ2v) is 4.80. The zero-order chi connectivity index (χ0) is 15.6. The quantitative estimate of drug-likeness (QED) is 0.936. The highest BCUT2D eigenvalue weighted by Gasteiger charge is 2.20. The van der Waals surface area contributed by atoms with Crippen molar-refractivity contribution in [3.05, 3.63) is 57.9 Å². The van der Waals surface area contributed by atoms with Gasteiger partial charge >= 0.3 is 5.97 Å². The van der Waals surface area contributed by atoms with E-state index in [2.05, 4.69) is 0 Å². The maximum absolute atomic E-state index is 12.3. The van der Waals surface area contributed by atoms with Crippen molar-refractivity contribution in [1.82, 2.24) is 4.57 Å². The van der Waals surface area contributed by atoms with Crippen molar-refractivity contribution < 1.29 is 9.90 Å². The van der Waals surface area contributed by atoms with Crippen LogP contribution in [0.5, 0.6) is 0 Å². The van der Waals surface area contributed by atoms with Crippen molar-refractivity contribution in [1.29, 1.82) is 5.26 Å². The summed E-state index contributed by atoms with van der Waals surface area (Å²) >= 11 is 0. The molecule has 0 fully saturated rings. The summed E-state index contributed by atoms with van der Waals surface area (Å²) in [6, 6.07) is 11.2. The van der Waals surface area contributed by atoms with Crippen LogP contribution >= 0.6 is 0 Å². The number of nitrogens with zero attached hydrogens (tertiary/aromatic N) is 2. The normalized spacial score (nSPS) is 11.7. The Bertz CT molecular complexity index is 783. The van der Waals surface area contributed by atoms with Crippen molar-refractivity contribution in [2.45, 2.75) is 19.9 Å². The third kappa shape index (κ3) is 2.70. The van der Waals surface area contributed by atoms with Gasteiger partial charge in [-0.05, 0) is 31.5 Å². The molecule has 0 radical (unpaired) electrons. The largest absolute Gasteiger partial charge is 0.480 e. The first-order chi connectivity index (χ1) is 9.95. The first kappa shape index (κ1) is 14.5. The van der Waals surface area contributed by atoms with Crippen molar-refractivity contribution in [2.24, 2.45) is 0 Å². The zero-order valence-electron chi connectivity index (χ0n) is 11.7. The van der Waals surface area contributed by atoms with Crippen LogP contribution in [0.3, 0.4) is 0 Å². The van der Waals surface area contributed by atoms with E-state index in [4.69, 9.17) is 5.26 Å². The molecule has 0 spiro atoms. The van der Waals surface area contributed by atoms with Crippen LogP contribution in [0.15, 0.2) is 41.2 Å². The average Bonchev–Trinajstić information content (AvgIpc) is 2.47. The van der Waals surface area contributed by atoms with Crippen LogP contribution in [-0.2, 0) is 4.79 Å². The van der Waals surface area contributed by atoms with Crippen LogP contribution in [0.4, 0.5) is 0 Å². The molecular formula is C16H14N2O3. The number of hydrogen-bond acceptors (Lipinski definition) is 3. The fourth-order valence-electron chi connectivity index (χ4n) is 2.09. The smallest absolute Gasteiger partial charge is 0.326 e. The topological polar surface area (TPSA) is 83.1 Å². The molecule has 1 unspecified atom stereocenters. The molecule has 0 aliphatic heterocycles. The van der Waals surface area contributed by atoms with Gasteiger partial charge in [0, 0.05) is 0 Å². The fraction of sp³-hybridized carbons (Fsp3) is 0.188. The fourth-order valence-corrected chi connectivity index (χ4v) is 2.09. The summed E-state index contributed by atoms with van der Waals surface area (Å²) in [4.78, 5) is 23.5. The van der Waals surface area contributed by atoms with Crippen LogP contribution in [0, 0.1) is 18.3 Å². The summed E-state index contributed by atoms with van der Waals surface area (Å²) < 4.78 is 1.14. The van der Waals surface area contributed by atoms with E-state index in [1.165, 1.54) is 13.0 Å². The van der Waals surface area contributed by atoms with E-state index in [1.54, 1.807) is 12.1 Å². The number of rotatable bonds is 3. The highest BCUT2D eigenvalue weighted by atomic mass is 16.4. The van der Waals surface area contributed by atoms with E-state index in [0.717, 1.165) is 15.7 Å². The first-order valence-corrected chi connectivity index (χ1v) is 6.41. The Morgan fingerprint density at radius 1 is 1.24 bits per heavy atom. The summed E-state index contributed by atoms with van der Waals surface area (Å²) in [6.07, 6.45) is 0. The number of hydrogen-bond donors (Lipinski definition) is 1. The molecule has 1 atom stereocenters. The minimum Gasteiger partial charge on any atom is -0.480 e. The summed E-state index contributed by atoms with van der Waals surface area (Å²) in [5.41, 5.74) is 1.61. The SMILES string of the molecule is Cc1ccc(-c2ccc(C#N)c(=O)n2C(C)C(=O)O)cc1. The molecule has 1 aromatic heterocycles. The lowest BCUT2D eigenvalue weighted by Crippen LogP contribution is -2.30. The van der Waals surface area contributed by atoms with Gasteiger partial charge in [0.15, 0.2) is 0 Å². The summed E-state index contributed by atoms with van der Waals surface area (Å²) in [6.45, 7) is 3.36. The van der Waals surface area contributed by atoms with E-state index in [0.29, 0.717) is 5.69 Å². The maximum Gasteiger partial charge on any atom is 0.326 e. The molecule has 5 heteroatoms. The lowest BCUT2D eigenvalue weighted by Gasteiger charge is -2.17. The van der Waals surface area contributed by atoms with Crippen LogP contribution in [0.2, 0.25) is 0 Å². The third-order valence-corrected chi connectivity index (χ3v) is 3.33. The molecule has 0 aliphatic rings. The van der Waals surface area contributed by atoms with E-state index in [1.807, 2.05) is 31.2 Å². The van der Waals surface area contributed by atoms with Gasteiger partial charge in [0.2, 0.25) is 0 Å². The summed E-state index contributed by atoms with van der Waals surface area (Å²) in [7, 11) is 0. The predicted molar refractivity (Wildman–Crippen MR) is 77.9 cm³/mol. The molecule has 0 saturated carbocycles. The summed E-state index contributed by atoms with van der Waals surface area (Å²) in [5.74, 6) is -1.12. The molecule has 2 aromatic rings. The highest BCUT2D eigenvalue weighted by molar-refractivity contribution is 5.73. The molecule has 1 aromatic carbocycles. The van der Waals surface area contributed by atoms with Crippen molar-refractivity contribution in [3.8, 4) is 17.3 Å². The number of carboxylic acid groups (broad SMARTS) is 1. The Hall–Kier alpha value is -2.87. The van der Waals surface area contributed by atoms with Gasteiger partial charge in [-0.3, -0.25) is 9.36 Å². The first-order valence-electron chi connectivity index (χ1n) is 6.41. The molecular weight excluding hydrogens is 268 g/mol. The molecule has 0 aliphatic carbocycles. The van der Waals surface area contributed by atoms with Crippen molar-refractivity contribution in [2.75, 3.05) is 0 Å². The van der Waals surface area contributed by atoms with Crippen LogP contribution in [0.1, 0.15) is 24.1 Å². The lowest BCUT2D eigenvalue weighted by molar-refractivity contribution is -0.140. The lowest BCUT2D eigenvalue weighted by atomic mass is 10.1. The maximum atomic E-state index is 12.3. The molecule has 1 heterocycles. The molecule has 0 amide bonds. The molecule has 1 N–H and O–H groups in total. The van der Waals surface area contributed by atoms with Gasteiger partial charge in [-0.2, -0.15) is 5.26 Å². The van der Waals surface area contributed by atoms with Crippen LogP contribution in [-0.4, -0.2) is 15.6 Å². The van der Waals surface area contributed by atoms with E-state index in [-0.39, 0.29) is 5.56 Å². The second kappa shape index (κ2) is 5.63. The Kier molecular flexibility index (Phi) is 3.90. The van der Waals surface area contributed by atoms with Crippen molar-refractivity contribution in [3.63, 3.8) is 0 Å². The van der Waals surface area contributed by atoms with Gasteiger partial charge in [-0.25, -0.2) is 4.79 Å². The van der Waals surface area contributed by atoms with Crippen LogP contribution < -0.4 is 5.56 Å². The molecule has 5 nitrogen and oxygen atoms in total. The number of carbonyl (C=O) groups is 1. The number of carboxylic acids is 1. The molecule has 21 heavy (non-hydrogen) atoms. The van der Waals surface area contributed by atoms with E-state index in [9.17, 15) is 14.7 Å². The van der Waals surface area contributed by atoms with Gasteiger partial charge < -0.3 is 5.11 Å². The number of aliphatic carboxylic acids is 1. The number of aromatic nitrogens is 1.